The molecule has 0 heterocycles. The van der Waals surface area contributed by atoms with Gasteiger partial charge in [0.15, 0.2) is 0 Å². The standard InChI is InChI=1S/C7H13NO2/c1-3-7(10-2)6(9)4-5-8/h6-7,9H,3-4H2,1-2H3. The fourth-order valence-electron chi connectivity index (χ4n) is 0.821. The van der Waals surface area contributed by atoms with Gasteiger partial charge >= 0.3 is 0 Å². The van der Waals surface area contributed by atoms with Gasteiger partial charge in [-0.3, -0.25) is 0 Å². The molecule has 3 heteroatoms. The van der Waals surface area contributed by atoms with E-state index in [2.05, 4.69) is 0 Å². The fourth-order valence-corrected chi connectivity index (χ4v) is 0.821. The molecule has 10 heavy (non-hydrogen) atoms. The molecule has 0 amide bonds. The lowest BCUT2D eigenvalue weighted by atomic mass is 10.1. The lowest BCUT2D eigenvalue weighted by molar-refractivity contribution is -0.0107. The normalized spacial score (nSPS) is 15.8. The number of methoxy groups -OCH3 is 1. The van der Waals surface area contributed by atoms with Crippen molar-refractivity contribution in [3.8, 4) is 6.07 Å². The molecule has 1 N–H and O–H groups in total. The maximum atomic E-state index is 9.16. The fraction of sp³-hybridized carbons (Fsp3) is 0.857. The van der Waals surface area contributed by atoms with Crippen molar-refractivity contribution in [2.75, 3.05) is 7.11 Å². The summed E-state index contributed by atoms with van der Waals surface area (Å²) in [6.07, 6.45) is 0.0470. The van der Waals surface area contributed by atoms with Gasteiger partial charge in [-0.05, 0) is 6.42 Å². The average molecular weight is 143 g/mol. The second-order valence-electron chi connectivity index (χ2n) is 2.11. The molecule has 0 aliphatic carbocycles. The molecule has 0 saturated carbocycles. The van der Waals surface area contributed by atoms with Crippen LogP contribution in [-0.2, 0) is 4.74 Å². The van der Waals surface area contributed by atoms with Gasteiger partial charge in [-0.2, -0.15) is 5.26 Å². The second kappa shape index (κ2) is 5.21. The zero-order chi connectivity index (χ0) is 7.98. The third-order valence-corrected chi connectivity index (χ3v) is 1.43. The van der Waals surface area contributed by atoms with Crippen LogP contribution in [0.2, 0.25) is 0 Å². The molecule has 0 bridgehead atoms. The lowest BCUT2D eigenvalue weighted by Gasteiger charge is -2.16. The lowest BCUT2D eigenvalue weighted by Crippen LogP contribution is -2.26. The van der Waals surface area contributed by atoms with E-state index in [4.69, 9.17) is 15.1 Å². The Morgan fingerprint density at radius 2 is 2.30 bits per heavy atom. The Morgan fingerprint density at radius 3 is 2.60 bits per heavy atom. The van der Waals surface area contributed by atoms with E-state index in [1.807, 2.05) is 13.0 Å². The molecule has 0 spiro atoms. The van der Waals surface area contributed by atoms with Crippen molar-refractivity contribution in [2.45, 2.75) is 32.0 Å². The Hall–Kier alpha value is -0.590. The van der Waals surface area contributed by atoms with Crippen molar-refractivity contribution in [1.29, 1.82) is 5.26 Å². The van der Waals surface area contributed by atoms with Crippen LogP contribution in [0.25, 0.3) is 0 Å². The van der Waals surface area contributed by atoms with Crippen LogP contribution < -0.4 is 0 Å². The maximum absolute atomic E-state index is 9.16. The highest BCUT2D eigenvalue weighted by molar-refractivity contribution is 4.79. The van der Waals surface area contributed by atoms with Gasteiger partial charge in [0, 0.05) is 7.11 Å². The van der Waals surface area contributed by atoms with Gasteiger partial charge in [-0.25, -0.2) is 0 Å². The van der Waals surface area contributed by atoms with E-state index in [0.717, 1.165) is 6.42 Å². The molecule has 2 unspecified atom stereocenters. The number of hydrogen-bond donors (Lipinski definition) is 1. The van der Waals surface area contributed by atoms with Crippen LogP contribution in [0.15, 0.2) is 0 Å². The molecular formula is C7H13NO2. The van der Waals surface area contributed by atoms with E-state index in [1.165, 1.54) is 7.11 Å². The van der Waals surface area contributed by atoms with Crippen molar-refractivity contribution in [2.24, 2.45) is 0 Å². The van der Waals surface area contributed by atoms with Crippen LogP contribution in [0.3, 0.4) is 0 Å². The smallest absolute Gasteiger partial charge is 0.0931 e. The van der Waals surface area contributed by atoms with Crippen LogP contribution in [0.4, 0.5) is 0 Å². The van der Waals surface area contributed by atoms with Crippen molar-refractivity contribution < 1.29 is 9.84 Å². The first-order valence-electron chi connectivity index (χ1n) is 3.34. The van der Waals surface area contributed by atoms with E-state index < -0.39 is 6.10 Å². The van der Waals surface area contributed by atoms with Crippen molar-refractivity contribution in [1.82, 2.24) is 0 Å². The number of ether oxygens (including phenoxy) is 1. The first kappa shape index (κ1) is 9.41. The molecule has 0 aliphatic rings. The highest BCUT2D eigenvalue weighted by Gasteiger charge is 2.15. The predicted octanol–water partition coefficient (Wildman–Crippen LogP) is 0.686. The largest absolute Gasteiger partial charge is 0.389 e. The number of aliphatic hydroxyl groups excluding tert-OH is 1. The molecule has 0 aromatic rings. The molecule has 0 fully saturated rings. The molecule has 2 atom stereocenters. The molecule has 0 rings (SSSR count). The monoisotopic (exact) mass is 143 g/mol. The first-order valence-corrected chi connectivity index (χ1v) is 3.34. The van der Waals surface area contributed by atoms with Gasteiger partial charge < -0.3 is 9.84 Å². The molecule has 0 aromatic heterocycles. The molecule has 58 valence electrons. The van der Waals surface area contributed by atoms with Gasteiger partial charge in [0.05, 0.1) is 24.7 Å². The minimum absolute atomic E-state index is 0.145. The molecule has 0 radical (unpaired) electrons. The Bertz CT molecular complexity index is 115. The summed E-state index contributed by atoms with van der Waals surface area (Å²) in [5.41, 5.74) is 0. The Kier molecular flexibility index (Phi) is 4.91. The van der Waals surface area contributed by atoms with E-state index in [0.29, 0.717) is 0 Å². The molecular weight excluding hydrogens is 130 g/mol. The third-order valence-electron chi connectivity index (χ3n) is 1.43. The molecule has 3 nitrogen and oxygen atoms in total. The first-order chi connectivity index (χ1) is 4.76. The summed E-state index contributed by atoms with van der Waals surface area (Å²) >= 11 is 0. The van der Waals surface area contributed by atoms with Crippen molar-refractivity contribution in [3.05, 3.63) is 0 Å². The summed E-state index contributed by atoms with van der Waals surface area (Å²) in [4.78, 5) is 0. The van der Waals surface area contributed by atoms with Gasteiger partial charge in [0.25, 0.3) is 0 Å². The quantitative estimate of drug-likeness (QED) is 0.629. The van der Waals surface area contributed by atoms with Crippen LogP contribution in [0.1, 0.15) is 19.8 Å². The van der Waals surface area contributed by atoms with Crippen LogP contribution in [0.5, 0.6) is 0 Å². The van der Waals surface area contributed by atoms with E-state index >= 15 is 0 Å². The van der Waals surface area contributed by atoms with Crippen LogP contribution >= 0.6 is 0 Å². The summed E-state index contributed by atoms with van der Waals surface area (Å²) in [5, 5.41) is 17.4. The molecule has 0 aliphatic heterocycles. The van der Waals surface area contributed by atoms with Gasteiger partial charge in [0.2, 0.25) is 0 Å². The maximum Gasteiger partial charge on any atom is 0.0931 e. The SMILES string of the molecule is CCC(OC)C(O)CC#N. The minimum Gasteiger partial charge on any atom is -0.389 e. The third kappa shape index (κ3) is 2.81. The van der Waals surface area contributed by atoms with Crippen LogP contribution in [-0.4, -0.2) is 24.4 Å². The highest BCUT2D eigenvalue weighted by atomic mass is 16.5. The number of rotatable bonds is 4. The highest BCUT2D eigenvalue weighted by Crippen LogP contribution is 2.05. The zero-order valence-electron chi connectivity index (χ0n) is 6.37. The predicted molar refractivity (Wildman–Crippen MR) is 37.3 cm³/mol. The number of nitrogens with zero attached hydrogens (tertiary/aromatic N) is 1. The summed E-state index contributed by atoms with van der Waals surface area (Å²) in [6, 6.07) is 1.89. The topological polar surface area (TPSA) is 53.2 Å². The van der Waals surface area contributed by atoms with E-state index in [9.17, 15) is 0 Å². The summed E-state index contributed by atoms with van der Waals surface area (Å²) in [7, 11) is 1.54. The van der Waals surface area contributed by atoms with Crippen LogP contribution in [0, 0.1) is 11.3 Å². The second-order valence-corrected chi connectivity index (χ2v) is 2.11. The minimum atomic E-state index is -0.639. The molecule has 0 saturated heterocycles. The van der Waals surface area contributed by atoms with Gasteiger partial charge in [-0.1, -0.05) is 6.92 Å². The van der Waals surface area contributed by atoms with Gasteiger partial charge in [0.1, 0.15) is 0 Å². The summed E-state index contributed by atoms with van der Waals surface area (Å²) in [5.74, 6) is 0. The average Bonchev–Trinajstić information content (AvgIpc) is 1.91. The number of hydrogen-bond acceptors (Lipinski definition) is 3. The van der Waals surface area contributed by atoms with E-state index in [-0.39, 0.29) is 12.5 Å². The zero-order valence-corrected chi connectivity index (χ0v) is 6.37. The Morgan fingerprint density at radius 1 is 1.70 bits per heavy atom. The van der Waals surface area contributed by atoms with Crippen molar-refractivity contribution in [3.63, 3.8) is 0 Å². The van der Waals surface area contributed by atoms with E-state index in [1.54, 1.807) is 0 Å². The Labute approximate surface area is 61.2 Å². The summed E-state index contributed by atoms with van der Waals surface area (Å²) < 4.78 is 4.91. The number of nitriles is 1. The van der Waals surface area contributed by atoms with Gasteiger partial charge in [-0.15, -0.1) is 0 Å². The molecule has 0 aromatic carbocycles. The summed E-state index contributed by atoms with van der Waals surface area (Å²) in [6.45, 7) is 1.91. The Balaban J connectivity index is 3.66. The number of aliphatic hydroxyl groups is 1. The van der Waals surface area contributed by atoms with Crippen molar-refractivity contribution >= 4 is 0 Å².